The van der Waals surface area contributed by atoms with Crippen molar-refractivity contribution in [3.05, 3.63) is 53.1 Å². The molecule has 0 fully saturated rings. The first-order valence-electron chi connectivity index (χ1n) is 7.99. The lowest BCUT2D eigenvalue weighted by Gasteiger charge is -2.13. The lowest BCUT2D eigenvalue weighted by atomic mass is 10.1. The summed E-state index contributed by atoms with van der Waals surface area (Å²) < 4.78 is 33.6. The molecule has 0 heterocycles. The number of alkyl halides is 2. The van der Waals surface area contributed by atoms with Crippen molar-refractivity contribution in [2.75, 3.05) is 11.9 Å². The molecule has 0 bridgehead atoms. The van der Waals surface area contributed by atoms with E-state index in [4.69, 9.17) is 10.00 Å². The minimum absolute atomic E-state index is 0.0174. The van der Waals surface area contributed by atoms with Crippen LogP contribution in [0.1, 0.15) is 21.5 Å². The average Bonchev–Trinajstić information content (AvgIpc) is 2.62. The molecule has 0 saturated heterocycles. The molecule has 0 spiro atoms. The summed E-state index contributed by atoms with van der Waals surface area (Å²) in [5.74, 6) is -1.58. The number of amides is 1. The van der Waals surface area contributed by atoms with E-state index in [0.29, 0.717) is 5.69 Å². The number of nitriles is 1. The van der Waals surface area contributed by atoms with Gasteiger partial charge in [0.1, 0.15) is 11.2 Å². The van der Waals surface area contributed by atoms with Crippen molar-refractivity contribution in [2.45, 2.75) is 25.4 Å². The van der Waals surface area contributed by atoms with E-state index in [1.165, 1.54) is 18.2 Å². The number of esters is 1. The van der Waals surface area contributed by atoms with Gasteiger partial charge in [-0.3, -0.25) is 4.79 Å². The first-order chi connectivity index (χ1) is 13.3. The van der Waals surface area contributed by atoms with Gasteiger partial charge in [0.15, 0.2) is 6.61 Å². The fraction of sp³-hybridized carbons (Fsp3) is 0.211. The molecule has 2 rings (SSSR count). The third kappa shape index (κ3) is 5.96. The summed E-state index contributed by atoms with van der Waals surface area (Å²) >= 11 is 1.01. The zero-order valence-corrected chi connectivity index (χ0v) is 15.8. The smallest absolute Gasteiger partial charge is 0.387 e. The third-order valence-corrected chi connectivity index (χ3v) is 4.13. The molecule has 28 heavy (non-hydrogen) atoms. The van der Waals surface area contributed by atoms with Crippen LogP contribution >= 0.6 is 11.8 Å². The van der Waals surface area contributed by atoms with Crippen LogP contribution in [0, 0.1) is 24.5 Å². The predicted octanol–water partition coefficient (Wildman–Crippen LogP) is 4.27. The molecule has 0 saturated carbocycles. The molecule has 0 aliphatic rings. The van der Waals surface area contributed by atoms with Gasteiger partial charge in [-0.1, -0.05) is 6.07 Å². The maximum atomic E-state index is 12.2. The van der Waals surface area contributed by atoms with Crippen LogP contribution in [0.2, 0.25) is 0 Å². The van der Waals surface area contributed by atoms with Crippen LogP contribution in [0.4, 0.5) is 14.5 Å². The molecule has 1 amide bonds. The van der Waals surface area contributed by atoms with Gasteiger partial charge in [0.25, 0.3) is 5.91 Å². The number of ether oxygens (including phenoxy) is 2. The van der Waals surface area contributed by atoms with Gasteiger partial charge in [-0.05, 0) is 67.1 Å². The van der Waals surface area contributed by atoms with E-state index in [2.05, 4.69) is 10.1 Å². The number of nitrogens with zero attached hydrogens (tertiary/aromatic N) is 1. The summed E-state index contributed by atoms with van der Waals surface area (Å²) in [5.41, 5.74) is 2.07. The quantitative estimate of drug-likeness (QED) is 0.420. The van der Waals surface area contributed by atoms with Gasteiger partial charge in [-0.15, -0.1) is 0 Å². The number of hydrogen-bond donors (Lipinski definition) is 1. The van der Waals surface area contributed by atoms with Gasteiger partial charge in [-0.2, -0.15) is 14.0 Å². The van der Waals surface area contributed by atoms with Crippen LogP contribution < -0.4 is 10.1 Å². The van der Waals surface area contributed by atoms with E-state index >= 15 is 0 Å². The van der Waals surface area contributed by atoms with Gasteiger partial charge in [-0.25, -0.2) is 4.79 Å². The van der Waals surface area contributed by atoms with Crippen molar-refractivity contribution in [2.24, 2.45) is 0 Å². The highest BCUT2D eigenvalue weighted by atomic mass is 32.2. The number of thiocyanates is 1. The largest absolute Gasteiger partial charge is 0.452 e. The first kappa shape index (κ1) is 21.2. The summed E-state index contributed by atoms with van der Waals surface area (Å²) in [4.78, 5) is 24.9. The molecule has 0 unspecified atom stereocenters. The van der Waals surface area contributed by atoms with Crippen LogP contribution in [0.15, 0.2) is 41.3 Å². The number of carbonyl (C=O) groups is 2. The van der Waals surface area contributed by atoms with Crippen molar-refractivity contribution < 1.29 is 27.8 Å². The van der Waals surface area contributed by atoms with Crippen molar-refractivity contribution in [1.82, 2.24) is 0 Å². The lowest BCUT2D eigenvalue weighted by molar-refractivity contribution is -0.119. The lowest BCUT2D eigenvalue weighted by Crippen LogP contribution is -2.22. The van der Waals surface area contributed by atoms with E-state index in [1.807, 2.05) is 5.40 Å². The maximum absolute atomic E-state index is 12.2. The molecule has 2 aromatic rings. The minimum atomic E-state index is -3.01. The van der Waals surface area contributed by atoms with Gasteiger partial charge in [0.2, 0.25) is 0 Å². The molecule has 0 aliphatic heterocycles. The second-order valence-corrected chi connectivity index (χ2v) is 6.51. The Kier molecular flexibility index (Phi) is 7.35. The monoisotopic (exact) mass is 406 g/mol. The van der Waals surface area contributed by atoms with E-state index in [9.17, 15) is 18.4 Å². The molecule has 2 aromatic carbocycles. The van der Waals surface area contributed by atoms with Crippen molar-refractivity contribution >= 4 is 29.3 Å². The van der Waals surface area contributed by atoms with Crippen LogP contribution in [-0.4, -0.2) is 25.1 Å². The highest BCUT2D eigenvalue weighted by molar-refractivity contribution is 8.03. The Morgan fingerprint density at radius 3 is 2.50 bits per heavy atom. The molecule has 9 heteroatoms. The number of hydrogen-bond acceptors (Lipinski definition) is 6. The summed E-state index contributed by atoms with van der Waals surface area (Å²) in [7, 11) is 0. The number of nitrogens with one attached hydrogen (secondary N) is 1. The Morgan fingerprint density at radius 2 is 1.89 bits per heavy atom. The second kappa shape index (κ2) is 9.71. The van der Waals surface area contributed by atoms with Crippen LogP contribution in [-0.2, 0) is 9.53 Å². The highest BCUT2D eigenvalue weighted by Gasteiger charge is 2.14. The van der Waals surface area contributed by atoms with E-state index in [1.54, 1.807) is 26.0 Å². The zero-order chi connectivity index (χ0) is 20.7. The molecular formula is C19H16F2N2O4S. The number of aryl methyl sites for hydroxylation is 2. The maximum Gasteiger partial charge on any atom is 0.387 e. The number of carbonyl (C=O) groups excluding carboxylic acids is 2. The summed E-state index contributed by atoms with van der Waals surface area (Å²) in [5, 5.41) is 13.4. The number of halogens is 2. The van der Waals surface area contributed by atoms with Crippen LogP contribution in [0.25, 0.3) is 0 Å². The minimum Gasteiger partial charge on any atom is -0.452 e. The topological polar surface area (TPSA) is 88.4 Å². The predicted molar refractivity (Wildman–Crippen MR) is 99.4 cm³/mol. The van der Waals surface area contributed by atoms with E-state index < -0.39 is 25.1 Å². The Morgan fingerprint density at radius 1 is 1.21 bits per heavy atom. The summed E-state index contributed by atoms with van der Waals surface area (Å²) in [6.07, 6.45) is 0. The molecule has 0 atom stereocenters. The second-order valence-electron chi connectivity index (χ2n) is 5.66. The number of thioether (sulfide) groups is 1. The van der Waals surface area contributed by atoms with Gasteiger partial charge in [0.05, 0.1) is 5.56 Å². The SMILES string of the molecule is Cc1cc(SC#N)cc(C)c1NC(=O)COC(=O)c1cccc(OC(F)F)c1. The highest BCUT2D eigenvalue weighted by Crippen LogP contribution is 2.27. The molecular weight excluding hydrogens is 390 g/mol. The Balaban J connectivity index is 1.97. The van der Waals surface area contributed by atoms with Gasteiger partial charge >= 0.3 is 12.6 Å². The molecule has 6 nitrogen and oxygen atoms in total. The van der Waals surface area contributed by atoms with E-state index in [0.717, 1.165) is 33.9 Å². The fourth-order valence-electron chi connectivity index (χ4n) is 2.42. The molecule has 146 valence electrons. The van der Waals surface area contributed by atoms with E-state index in [-0.39, 0.29) is 11.3 Å². The van der Waals surface area contributed by atoms with Crippen LogP contribution in [0.5, 0.6) is 5.75 Å². The van der Waals surface area contributed by atoms with Gasteiger partial charge in [0, 0.05) is 10.6 Å². The number of rotatable bonds is 7. The van der Waals surface area contributed by atoms with Crippen molar-refractivity contribution in [1.29, 1.82) is 5.26 Å². The normalized spacial score (nSPS) is 10.3. The Bertz CT molecular complexity index is 905. The Hall–Kier alpha value is -3.12. The average molecular weight is 406 g/mol. The van der Waals surface area contributed by atoms with Crippen molar-refractivity contribution in [3.63, 3.8) is 0 Å². The molecule has 1 N–H and O–H groups in total. The third-order valence-electron chi connectivity index (χ3n) is 3.56. The zero-order valence-electron chi connectivity index (χ0n) is 15.0. The van der Waals surface area contributed by atoms with Gasteiger partial charge < -0.3 is 14.8 Å². The Labute approximate surface area is 164 Å². The summed E-state index contributed by atoms with van der Waals surface area (Å²) in [6.45, 7) is 0.00283. The number of anilines is 1. The van der Waals surface area contributed by atoms with Crippen molar-refractivity contribution in [3.8, 4) is 11.2 Å². The number of benzene rings is 2. The van der Waals surface area contributed by atoms with Crippen LogP contribution in [0.3, 0.4) is 0 Å². The summed E-state index contributed by atoms with van der Waals surface area (Å²) in [6, 6.07) is 8.62. The molecule has 0 aromatic heterocycles. The standard InChI is InChI=1S/C19H16F2N2O4S/c1-11-6-15(28-10-22)7-12(2)17(11)23-16(24)9-26-18(25)13-4-3-5-14(8-13)27-19(20)21/h3-8,19H,9H2,1-2H3,(H,23,24). The molecule has 0 aliphatic carbocycles. The molecule has 0 radical (unpaired) electrons. The fourth-order valence-corrected chi connectivity index (χ4v) is 3.00. The first-order valence-corrected chi connectivity index (χ1v) is 8.81.